The molecule has 3 N–H and O–H groups in total. The zero-order valence-corrected chi connectivity index (χ0v) is 11.6. The Morgan fingerprint density at radius 2 is 1.95 bits per heavy atom. The van der Waals surface area contributed by atoms with Crippen molar-refractivity contribution in [2.75, 3.05) is 11.1 Å². The lowest BCUT2D eigenvalue weighted by atomic mass is 10.3. The van der Waals surface area contributed by atoms with E-state index in [1.54, 1.807) is 35.7 Å². The van der Waals surface area contributed by atoms with Crippen LogP contribution in [0.4, 0.5) is 11.4 Å². The van der Waals surface area contributed by atoms with Gasteiger partial charge in [0.25, 0.3) is 5.91 Å². The van der Waals surface area contributed by atoms with Crippen molar-refractivity contribution < 1.29 is 14.3 Å². The minimum atomic E-state index is -0.899. The van der Waals surface area contributed by atoms with Crippen molar-refractivity contribution in [2.45, 2.75) is 13.0 Å². The average Bonchev–Trinajstić information content (AvgIpc) is 2.86. The second-order valence-electron chi connectivity index (χ2n) is 4.11. The molecule has 1 heterocycles. The highest BCUT2D eigenvalue weighted by atomic mass is 32.1. The van der Waals surface area contributed by atoms with Gasteiger partial charge in [-0.3, -0.25) is 4.79 Å². The number of amides is 1. The zero-order chi connectivity index (χ0) is 14.5. The van der Waals surface area contributed by atoms with Gasteiger partial charge in [-0.2, -0.15) is 0 Å². The number of thiophene rings is 1. The van der Waals surface area contributed by atoms with Crippen LogP contribution in [0, 0.1) is 0 Å². The summed E-state index contributed by atoms with van der Waals surface area (Å²) in [5.74, 6) is -0.979. The molecule has 1 atom stereocenters. The lowest BCUT2D eigenvalue weighted by Gasteiger charge is -2.13. The van der Waals surface area contributed by atoms with Gasteiger partial charge >= 0.3 is 5.97 Å². The van der Waals surface area contributed by atoms with Gasteiger partial charge < -0.3 is 15.8 Å². The van der Waals surface area contributed by atoms with E-state index in [2.05, 4.69) is 5.32 Å². The van der Waals surface area contributed by atoms with Crippen LogP contribution in [0.2, 0.25) is 0 Å². The van der Waals surface area contributed by atoms with Gasteiger partial charge in [0.15, 0.2) is 6.10 Å². The van der Waals surface area contributed by atoms with Gasteiger partial charge in [-0.1, -0.05) is 18.2 Å². The van der Waals surface area contributed by atoms with E-state index in [9.17, 15) is 9.59 Å². The minimum absolute atomic E-state index is 0.310. The molecule has 0 fully saturated rings. The van der Waals surface area contributed by atoms with Crippen LogP contribution < -0.4 is 11.1 Å². The maximum Gasteiger partial charge on any atom is 0.351 e. The van der Waals surface area contributed by atoms with Crippen LogP contribution in [0.3, 0.4) is 0 Å². The number of carbonyl (C=O) groups is 2. The highest BCUT2D eigenvalue weighted by molar-refractivity contribution is 7.12. The maximum atomic E-state index is 11.9. The number of hydrogen-bond donors (Lipinski definition) is 2. The standard InChI is InChI=1S/C14H14N2O3S/c1-9(13(17)16-10-5-3-2-4-6-10)19-14(18)12-11(15)7-8-20-12/h2-9H,15H2,1H3,(H,16,17). The molecule has 0 radical (unpaired) electrons. The normalized spacial score (nSPS) is 11.7. The number of carbonyl (C=O) groups excluding carboxylic acids is 2. The van der Waals surface area contributed by atoms with Crippen LogP contribution in [0.15, 0.2) is 41.8 Å². The molecule has 6 heteroatoms. The highest BCUT2D eigenvalue weighted by Gasteiger charge is 2.21. The number of ether oxygens (including phenoxy) is 1. The fourth-order valence-electron chi connectivity index (χ4n) is 1.52. The molecule has 2 rings (SSSR count). The Morgan fingerprint density at radius 1 is 1.25 bits per heavy atom. The van der Waals surface area contributed by atoms with Crippen molar-refractivity contribution in [2.24, 2.45) is 0 Å². The number of rotatable bonds is 4. The fourth-order valence-corrected chi connectivity index (χ4v) is 2.22. The summed E-state index contributed by atoms with van der Waals surface area (Å²) in [5, 5.41) is 4.36. The number of anilines is 2. The molecule has 0 aliphatic heterocycles. The van der Waals surface area contributed by atoms with Gasteiger partial charge in [0.05, 0.1) is 5.69 Å². The molecular weight excluding hydrogens is 276 g/mol. The Hall–Kier alpha value is -2.34. The number of nitrogens with one attached hydrogen (secondary N) is 1. The summed E-state index contributed by atoms with van der Waals surface area (Å²) >= 11 is 1.18. The van der Waals surface area contributed by atoms with Crippen molar-refractivity contribution in [1.82, 2.24) is 0 Å². The van der Waals surface area contributed by atoms with Crippen molar-refractivity contribution in [3.05, 3.63) is 46.7 Å². The predicted octanol–water partition coefficient (Wildman–Crippen LogP) is 2.51. The van der Waals surface area contributed by atoms with E-state index in [-0.39, 0.29) is 5.91 Å². The lowest BCUT2D eigenvalue weighted by Crippen LogP contribution is -2.29. The van der Waals surface area contributed by atoms with Crippen LogP contribution >= 0.6 is 11.3 Å². The van der Waals surface area contributed by atoms with Gasteiger partial charge in [-0.15, -0.1) is 11.3 Å². The second kappa shape index (κ2) is 6.21. The van der Waals surface area contributed by atoms with Crippen molar-refractivity contribution in [1.29, 1.82) is 0 Å². The summed E-state index contributed by atoms with van der Waals surface area (Å²) in [6.45, 7) is 1.51. The van der Waals surface area contributed by atoms with Gasteiger partial charge in [0.1, 0.15) is 4.88 Å². The third-order valence-electron chi connectivity index (χ3n) is 2.58. The van der Waals surface area contributed by atoms with Crippen LogP contribution in [0.5, 0.6) is 0 Å². The van der Waals surface area contributed by atoms with Crippen LogP contribution in [-0.4, -0.2) is 18.0 Å². The molecule has 0 spiro atoms. The predicted molar refractivity (Wildman–Crippen MR) is 78.7 cm³/mol. The molecule has 1 amide bonds. The second-order valence-corrected chi connectivity index (χ2v) is 5.02. The molecule has 0 bridgehead atoms. The van der Waals surface area contributed by atoms with Gasteiger partial charge in [0.2, 0.25) is 0 Å². The molecule has 0 saturated heterocycles. The molecule has 2 aromatic rings. The smallest absolute Gasteiger partial charge is 0.351 e. The molecule has 104 valence electrons. The molecule has 1 unspecified atom stereocenters. The highest BCUT2D eigenvalue weighted by Crippen LogP contribution is 2.20. The first-order valence-corrected chi connectivity index (χ1v) is 6.85. The van der Waals surface area contributed by atoms with E-state index in [0.29, 0.717) is 16.3 Å². The Bertz CT molecular complexity index is 610. The lowest BCUT2D eigenvalue weighted by molar-refractivity contribution is -0.123. The number of para-hydroxylation sites is 1. The zero-order valence-electron chi connectivity index (χ0n) is 10.8. The van der Waals surface area contributed by atoms with Gasteiger partial charge in [-0.25, -0.2) is 4.79 Å². The van der Waals surface area contributed by atoms with Gasteiger partial charge in [0, 0.05) is 5.69 Å². The van der Waals surface area contributed by atoms with Crippen molar-refractivity contribution >= 4 is 34.6 Å². The monoisotopic (exact) mass is 290 g/mol. The number of nitrogen functional groups attached to an aromatic ring is 1. The summed E-state index contributed by atoms with van der Waals surface area (Å²) in [4.78, 5) is 24.0. The summed E-state index contributed by atoms with van der Waals surface area (Å²) in [5.41, 5.74) is 6.63. The van der Waals surface area contributed by atoms with E-state index < -0.39 is 12.1 Å². The summed E-state index contributed by atoms with van der Waals surface area (Å²) in [6.07, 6.45) is -0.899. The van der Waals surface area contributed by atoms with Crippen molar-refractivity contribution in [3.8, 4) is 0 Å². The Morgan fingerprint density at radius 3 is 2.55 bits per heavy atom. The van der Waals surface area contributed by atoms with E-state index >= 15 is 0 Å². The topological polar surface area (TPSA) is 81.4 Å². The number of hydrogen-bond acceptors (Lipinski definition) is 5. The minimum Gasteiger partial charge on any atom is -0.448 e. The third kappa shape index (κ3) is 3.36. The Kier molecular flexibility index (Phi) is 4.37. The summed E-state index contributed by atoms with van der Waals surface area (Å²) in [7, 11) is 0. The largest absolute Gasteiger partial charge is 0.448 e. The molecular formula is C14H14N2O3S. The molecule has 0 aliphatic rings. The summed E-state index contributed by atoms with van der Waals surface area (Å²) < 4.78 is 5.09. The molecule has 0 saturated carbocycles. The number of esters is 1. The van der Waals surface area contributed by atoms with Gasteiger partial charge in [-0.05, 0) is 30.5 Å². The van der Waals surface area contributed by atoms with E-state index in [1.807, 2.05) is 6.07 Å². The molecule has 0 aliphatic carbocycles. The fraction of sp³-hybridized carbons (Fsp3) is 0.143. The SMILES string of the molecule is CC(OC(=O)c1sccc1N)C(=O)Nc1ccccc1. The molecule has 20 heavy (non-hydrogen) atoms. The number of nitrogens with two attached hydrogens (primary N) is 1. The Labute approximate surface area is 120 Å². The molecule has 1 aromatic carbocycles. The molecule has 5 nitrogen and oxygen atoms in total. The maximum absolute atomic E-state index is 11.9. The molecule has 1 aromatic heterocycles. The van der Waals surface area contributed by atoms with Crippen LogP contribution in [0.25, 0.3) is 0 Å². The quantitative estimate of drug-likeness (QED) is 0.848. The first kappa shape index (κ1) is 14.1. The Balaban J connectivity index is 1.95. The van der Waals surface area contributed by atoms with Crippen LogP contribution in [0.1, 0.15) is 16.6 Å². The van der Waals surface area contributed by atoms with Crippen LogP contribution in [-0.2, 0) is 9.53 Å². The number of benzene rings is 1. The first-order chi connectivity index (χ1) is 9.58. The van der Waals surface area contributed by atoms with E-state index in [1.165, 1.54) is 18.3 Å². The van der Waals surface area contributed by atoms with Crippen molar-refractivity contribution in [3.63, 3.8) is 0 Å². The van der Waals surface area contributed by atoms with E-state index in [0.717, 1.165) is 0 Å². The average molecular weight is 290 g/mol. The van der Waals surface area contributed by atoms with E-state index in [4.69, 9.17) is 10.5 Å². The third-order valence-corrected chi connectivity index (χ3v) is 3.49. The summed E-state index contributed by atoms with van der Waals surface area (Å²) in [6, 6.07) is 10.6. The first-order valence-electron chi connectivity index (χ1n) is 5.98.